The first-order valence-corrected chi connectivity index (χ1v) is 10.9. The van der Waals surface area contributed by atoms with E-state index in [-0.39, 0.29) is 28.4 Å². The second-order valence-electron chi connectivity index (χ2n) is 10.3. The predicted octanol–water partition coefficient (Wildman–Crippen LogP) is 4.26. The maximum atomic E-state index is 13.2. The highest BCUT2D eigenvalue weighted by molar-refractivity contribution is 6.01. The SMILES string of the molecule is CC(/C=C/C=C(\C)C=O)=C1/C(=O)C[C@H]2[C@@]3(C)CC[C@@H](O)[C@](C)(C(=O)O)[C@@H]3CC[C@]12C. The van der Waals surface area contributed by atoms with Gasteiger partial charge in [-0.25, -0.2) is 0 Å². The molecule has 30 heavy (non-hydrogen) atoms. The van der Waals surface area contributed by atoms with Crippen molar-refractivity contribution in [1.82, 2.24) is 0 Å². The van der Waals surface area contributed by atoms with Crippen molar-refractivity contribution in [2.45, 2.75) is 72.8 Å². The van der Waals surface area contributed by atoms with Crippen LogP contribution in [0.5, 0.6) is 0 Å². The minimum atomic E-state index is -1.18. The number of aliphatic hydroxyl groups is 1. The van der Waals surface area contributed by atoms with Crippen LogP contribution in [0.2, 0.25) is 0 Å². The molecule has 0 heterocycles. The Morgan fingerprint density at radius 2 is 1.77 bits per heavy atom. The lowest BCUT2D eigenvalue weighted by Crippen LogP contribution is -2.61. The molecule has 0 radical (unpaired) electrons. The van der Waals surface area contributed by atoms with Gasteiger partial charge >= 0.3 is 5.97 Å². The molecule has 0 amide bonds. The molecule has 3 rings (SSSR count). The summed E-state index contributed by atoms with van der Waals surface area (Å²) in [6, 6.07) is 0. The van der Waals surface area contributed by atoms with Crippen molar-refractivity contribution >= 4 is 18.0 Å². The van der Waals surface area contributed by atoms with E-state index in [0.717, 1.165) is 30.3 Å². The van der Waals surface area contributed by atoms with E-state index in [4.69, 9.17) is 0 Å². The summed E-state index contributed by atoms with van der Waals surface area (Å²) in [4.78, 5) is 36.2. The van der Waals surface area contributed by atoms with Crippen LogP contribution in [0.3, 0.4) is 0 Å². The summed E-state index contributed by atoms with van der Waals surface area (Å²) in [6.45, 7) is 9.67. The number of aldehydes is 1. The number of fused-ring (bicyclic) bond motifs is 3. The molecule has 0 aliphatic heterocycles. The quantitative estimate of drug-likeness (QED) is 0.407. The fourth-order valence-corrected chi connectivity index (χ4v) is 7.02. The Hall–Kier alpha value is -2.01. The molecule has 5 heteroatoms. The minimum Gasteiger partial charge on any atom is -0.481 e. The van der Waals surface area contributed by atoms with Crippen LogP contribution >= 0.6 is 0 Å². The average molecular weight is 415 g/mol. The van der Waals surface area contributed by atoms with Crippen molar-refractivity contribution in [3.05, 3.63) is 34.9 Å². The summed E-state index contributed by atoms with van der Waals surface area (Å²) in [5, 5.41) is 20.6. The van der Waals surface area contributed by atoms with Gasteiger partial charge in [-0.1, -0.05) is 32.1 Å². The predicted molar refractivity (Wildman–Crippen MR) is 115 cm³/mol. The van der Waals surface area contributed by atoms with Crippen LogP contribution < -0.4 is 0 Å². The summed E-state index contributed by atoms with van der Waals surface area (Å²) in [5.41, 5.74) is 0.585. The van der Waals surface area contributed by atoms with Crippen molar-refractivity contribution in [2.24, 2.45) is 28.1 Å². The molecule has 5 nitrogen and oxygen atoms in total. The molecule has 3 fully saturated rings. The molecule has 0 bridgehead atoms. The van der Waals surface area contributed by atoms with E-state index < -0.39 is 17.5 Å². The van der Waals surface area contributed by atoms with Crippen LogP contribution in [0.4, 0.5) is 0 Å². The number of carboxylic acid groups (broad SMARTS) is 1. The lowest BCUT2D eigenvalue weighted by atomic mass is 9.43. The number of hydrogen-bond donors (Lipinski definition) is 2. The first-order chi connectivity index (χ1) is 13.9. The number of hydrogen-bond acceptors (Lipinski definition) is 4. The molecule has 0 spiro atoms. The Bertz CT molecular complexity index is 865. The largest absolute Gasteiger partial charge is 0.481 e. The number of carbonyl (C=O) groups excluding carboxylic acids is 2. The first-order valence-electron chi connectivity index (χ1n) is 10.9. The lowest BCUT2D eigenvalue weighted by Gasteiger charge is -2.61. The second-order valence-corrected chi connectivity index (χ2v) is 10.3. The molecule has 3 aliphatic rings. The molecule has 3 saturated carbocycles. The van der Waals surface area contributed by atoms with Crippen LogP contribution in [0.1, 0.15) is 66.7 Å². The highest BCUT2D eigenvalue weighted by Gasteiger charge is 2.67. The molecular formula is C25H34O5. The van der Waals surface area contributed by atoms with Crippen LogP contribution in [-0.4, -0.2) is 34.4 Å². The van der Waals surface area contributed by atoms with E-state index in [0.29, 0.717) is 24.8 Å². The smallest absolute Gasteiger partial charge is 0.312 e. The van der Waals surface area contributed by atoms with Gasteiger partial charge in [0.05, 0.1) is 11.5 Å². The van der Waals surface area contributed by atoms with Gasteiger partial charge in [-0.05, 0) is 74.9 Å². The van der Waals surface area contributed by atoms with Crippen molar-refractivity contribution in [3.8, 4) is 0 Å². The summed E-state index contributed by atoms with van der Waals surface area (Å²) in [5.74, 6) is -0.893. The second kappa shape index (κ2) is 7.60. The Kier molecular flexibility index (Phi) is 5.74. The zero-order valence-corrected chi connectivity index (χ0v) is 18.7. The molecule has 0 aromatic heterocycles. The molecule has 0 saturated heterocycles. The summed E-state index contributed by atoms with van der Waals surface area (Å²) in [6.07, 6.45) is 8.41. The fraction of sp³-hybridized carbons (Fsp3) is 0.640. The summed E-state index contributed by atoms with van der Waals surface area (Å²) >= 11 is 0. The van der Waals surface area contributed by atoms with Gasteiger partial charge in [0.1, 0.15) is 6.29 Å². The van der Waals surface area contributed by atoms with Gasteiger partial charge in [0.15, 0.2) is 5.78 Å². The zero-order valence-electron chi connectivity index (χ0n) is 18.7. The van der Waals surface area contributed by atoms with Crippen LogP contribution in [-0.2, 0) is 14.4 Å². The van der Waals surface area contributed by atoms with Gasteiger partial charge in [-0.15, -0.1) is 0 Å². The number of allylic oxidation sites excluding steroid dienone is 6. The number of Topliss-reactive ketones (excluding diaryl/α,β-unsaturated/α-hetero) is 1. The molecule has 0 aromatic rings. The minimum absolute atomic E-state index is 0.0630. The van der Waals surface area contributed by atoms with E-state index in [1.807, 2.05) is 19.1 Å². The molecule has 2 N–H and O–H groups in total. The number of carbonyl (C=O) groups is 3. The first kappa shape index (κ1) is 22.7. The number of carboxylic acids is 1. The third-order valence-corrected chi connectivity index (χ3v) is 8.67. The Labute approximate surface area is 178 Å². The van der Waals surface area contributed by atoms with Gasteiger partial charge < -0.3 is 10.2 Å². The monoisotopic (exact) mass is 414 g/mol. The number of rotatable bonds is 4. The van der Waals surface area contributed by atoms with Gasteiger partial charge in [0.2, 0.25) is 0 Å². The number of ketones is 1. The third-order valence-electron chi connectivity index (χ3n) is 8.67. The molecule has 164 valence electrons. The van der Waals surface area contributed by atoms with Crippen molar-refractivity contribution < 1.29 is 24.6 Å². The number of aliphatic carboxylic acids is 1. The van der Waals surface area contributed by atoms with Crippen molar-refractivity contribution in [2.75, 3.05) is 0 Å². The summed E-state index contributed by atoms with van der Waals surface area (Å²) in [7, 11) is 0. The highest BCUT2D eigenvalue weighted by Crippen LogP contribution is 2.69. The van der Waals surface area contributed by atoms with E-state index >= 15 is 0 Å². The van der Waals surface area contributed by atoms with Crippen LogP contribution in [0.15, 0.2) is 34.9 Å². The van der Waals surface area contributed by atoms with E-state index in [1.165, 1.54) is 0 Å². The molecule has 3 aliphatic carbocycles. The molecule has 6 atom stereocenters. The zero-order chi connectivity index (χ0) is 22.5. The standard InChI is InChI=1S/C25H34O5/c1-15(14-26)7-6-8-16(2)21-17(27)13-19-23(3)12-10-20(28)25(5,22(29)30)18(23)9-11-24(19,21)4/h6-8,14,18-20,28H,9-13H2,1-5H3,(H,29,30)/b8-6+,15-7+,21-16+/t18-,19+,20-,23+,24+,25-/m1/s1. The molecular weight excluding hydrogens is 380 g/mol. The van der Waals surface area contributed by atoms with E-state index in [9.17, 15) is 24.6 Å². The normalized spacial score (nSPS) is 43.3. The highest BCUT2D eigenvalue weighted by atomic mass is 16.4. The Balaban J connectivity index is 2.04. The topological polar surface area (TPSA) is 91.7 Å². The van der Waals surface area contributed by atoms with Crippen molar-refractivity contribution in [3.63, 3.8) is 0 Å². The van der Waals surface area contributed by atoms with E-state index in [2.05, 4.69) is 13.8 Å². The average Bonchev–Trinajstić information content (AvgIpc) is 2.96. The molecule has 0 aromatic carbocycles. The van der Waals surface area contributed by atoms with Crippen molar-refractivity contribution in [1.29, 1.82) is 0 Å². The maximum absolute atomic E-state index is 13.2. The van der Waals surface area contributed by atoms with Gasteiger partial charge in [0.25, 0.3) is 0 Å². The molecule has 0 unspecified atom stereocenters. The summed E-state index contributed by atoms with van der Waals surface area (Å²) < 4.78 is 0. The van der Waals surface area contributed by atoms with Crippen LogP contribution in [0, 0.1) is 28.1 Å². The number of aliphatic hydroxyl groups excluding tert-OH is 1. The maximum Gasteiger partial charge on any atom is 0.312 e. The lowest BCUT2D eigenvalue weighted by molar-refractivity contribution is -0.194. The van der Waals surface area contributed by atoms with Gasteiger partial charge in [-0.2, -0.15) is 0 Å². The Morgan fingerprint density at radius 3 is 2.37 bits per heavy atom. The fourth-order valence-electron chi connectivity index (χ4n) is 7.02. The van der Waals surface area contributed by atoms with Gasteiger partial charge in [-0.3, -0.25) is 14.4 Å². The van der Waals surface area contributed by atoms with Gasteiger partial charge in [0, 0.05) is 17.4 Å². The Morgan fingerprint density at radius 1 is 1.10 bits per heavy atom. The van der Waals surface area contributed by atoms with E-state index in [1.54, 1.807) is 19.9 Å². The third kappa shape index (κ3) is 3.13. The van der Waals surface area contributed by atoms with Crippen LogP contribution in [0.25, 0.3) is 0 Å².